The Hall–Kier alpha value is -2.63. The normalized spacial score (nSPS) is 10.2. The molecule has 0 fully saturated rings. The first-order valence-corrected chi connectivity index (χ1v) is 5.36. The molecule has 6 heteroatoms. The van der Waals surface area contributed by atoms with Gasteiger partial charge in [-0.15, -0.1) is 0 Å². The van der Waals surface area contributed by atoms with Crippen LogP contribution >= 0.6 is 0 Å². The molecule has 0 spiro atoms. The maximum atomic E-state index is 13.1. The summed E-state index contributed by atoms with van der Waals surface area (Å²) >= 11 is 0. The van der Waals surface area contributed by atoms with Crippen molar-refractivity contribution in [3.63, 3.8) is 0 Å². The highest BCUT2D eigenvalue weighted by molar-refractivity contribution is 6.04. The molecule has 1 aromatic carbocycles. The lowest BCUT2D eigenvalue weighted by atomic mass is 10.2. The number of carboxylic acids is 1. The monoisotopic (exact) mass is 263 g/mol. The number of amides is 1. The number of hydrogen-bond donors (Lipinski definition) is 2. The number of carbonyl (C=O) groups excluding carboxylic acids is 1. The first-order valence-electron chi connectivity index (χ1n) is 5.36. The molecule has 0 atom stereocenters. The summed E-state index contributed by atoms with van der Waals surface area (Å²) in [6, 6.07) is 5.08. The molecule has 1 heterocycles. The number of aryl methyl sites for hydroxylation is 1. The highest BCUT2D eigenvalue weighted by atomic mass is 19.1. The molecule has 5 nitrogen and oxygen atoms in total. The van der Waals surface area contributed by atoms with E-state index in [1.807, 2.05) is 0 Å². The van der Waals surface area contributed by atoms with Crippen molar-refractivity contribution >= 4 is 17.6 Å². The van der Waals surface area contributed by atoms with E-state index in [-0.39, 0.29) is 11.3 Å². The van der Waals surface area contributed by atoms with Crippen molar-refractivity contribution in [1.82, 2.24) is 0 Å². The van der Waals surface area contributed by atoms with Crippen LogP contribution in [0.3, 0.4) is 0 Å². The number of aromatic carboxylic acids is 1. The molecule has 0 unspecified atom stereocenters. The van der Waals surface area contributed by atoms with Gasteiger partial charge in [0.05, 0.1) is 5.56 Å². The average Bonchev–Trinajstić information content (AvgIpc) is 2.83. The molecule has 0 saturated carbocycles. The number of halogens is 1. The molecule has 19 heavy (non-hydrogen) atoms. The fraction of sp³-hybridized carbons (Fsp3) is 0.0769. The van der Waals surface area contributed by atoms with E-state index in [1.165, 1.54) is 18.2 Å². The minimum Gasteiger partial charge on any atom is -0.478 e. The summed E-state index contributed by atoms with van der Waals surface area (Å²) in [5.74, 6) is -2.46. The van der Waals surface area contributed by atoms with Crippen LogP contribution in [-0.2, 0) is 0 Å². The molecule has 0 bridgehead atoms. The van der Waals surface area contributed by atoms with Gasteiger partial charge in [-0.2, -0.15) is 0 Å². The summed E-state index contributed by atoms with van der Waals surface area (Å²) < 4.78 is 17.9. The lowest BCUT2D eigenvalue weighted by Crippen LogP contribution is -2.12. The van der Waals surface area contributed by atoms with E-state index in [2.05, 4.69) is 5.32 Å². The molecule has 1 aromatic heterocycles. The van der Waals surface area contributed by atoms with Crippen LogP contribution in [0.5, 0.6) is 0 Å². The second kappa shape index (κ2) is 4.93. The number of hydrogen-bond acceptors (Lipinski definition) is 3. The van der Waals surface area contributed by atoms with Crippen molar-refractivity contribution < 1.29 is 23.5 Å². The van der Waals surface area contributed by atoms with Crippen molar-refractivity contribution in [2.45, 2.75) is 6.92 Å². The zero-order valence-corrected chi connectivity index (χ0v) is 9.94. The second-order valence-corrected chi connectivity index (χ2v) is 3.92. The van der Waals surface area contributed by atoms with Gasteiger partial charge in [0.1, 0.15) is 12.1 Å². The van der Waals surface area contributed by atoms with Gasteiger partial charge in [-0.3, -0.25) is 4.79 Å². The molecule has 0 aliphatic rings. The first kappa shape index (κ1) is 12.8. The molecule has 2 aromatic rings. The quantitative estimate of drug-likeness (QED) is 0.892. The van der Waals surface area contributed by atoms with E-state index in [0.29, 0.717) is 11.3 Å². The van der Waals surface area contributed by atoms with Crippen molar-refractivity contribution in [2.24, 2.45) is 0 Å². The lowest BCUT2D eigenvalue weighted by Gasteiger charge is -2.06. The molecule has 0 saturated heterocycles. The standard InChI is InChI=1S/C13H10FNO4/c1-7-2-3-9(14)5-10(7)15-12(16)11-4-8(6-19-11)13(17)18/h2-6H,1H3,(H,15,16)(H,17,18). The Kier molecular flexibility index (Phi) is 3.33. The zero-order valence-electron chi connectivity index (χ0n) is 9.94. The molecular weight excluding hydrogens is 253 g/mol. The molecule has 0 aliphatic heterocycles. The van der Waals surface area contributed by atoms with E-state index < -0.39 is 17.7 Å². The van der Waals surface area contributed by atoms with Gasteiger partial charge in [0, 0.05) is 11.8 Å². The molecule has 0 aliphatic carbocycles. The highest BCUT2D eigenvalue weighted by Gasteiger charge is 2.15. The molecule has 2 N–H and O–H groups in total. The fourth-order valence-electron chi connectivity index (χ4n) is 1.48. The van der Waals surface area contributed by atoms with Gasteiger partial charge in [0.2, 0.25) is 0 Å². The number of furan rings is 1. The third-order valence-corrected chi connectivity index (χ3v) is 2.52. The first-order chi connectivity index (χ1) is 8.97. The van der Waals surface area contributed by atoms with Crippen molar-refractivity contribution in [3.8, 4) is 0 Å². The van der Waals surface area contributed by atoms with Crippen molar-refractivity contribution in [1.29, 1.82) is 0 Å². The summed E-state index contributed by atoms with van der Waals surface area (Å²) in [4.78, 5) is 22.4. The van der Waals surface area contributed by atoms with Crippen LogP contribution in [0.1, 0.15) is 26.5 Å². The van der Waals surface area contributed by atoms with Gasteiger partial charge in [0.25, 0.3) is 5.91 Å². The Labute approximate surface area is 107 Å². The van der Waals surface area contributed by atoms with Crippen LogP contribution in [-0.4, -0.2) is 17.0 Å². The second-order valence-electron chi connectivity index (χ2n) is 3.92. The van der Waals surface area contributed by atoms with Crippen LogP contribution in [0.15, 0.2) is 34.9 Å². The maximum absolute atomic E-state index is 13.1. The minimum atomic E-state index is -1.19. The summed E-state index contributed by atoms with van der Waals surface area (Å²) in [5, 5.41) is 11.2. The van der Waals surface area contributed by atoms with Gasteiger partial charge >= 0.3 is 5.97 Å². The molecular formula is C13H10FNO4. The van der Waals surface area contributed by atoms with Gasteiger partial charge in [-0.05, 0) is 24.6 Å². The minimum absolute atomic E-state index is 0.124. The average molecular weight is 263 g/mol. The van der Waals surface area contributed by atoms with E-state index >= 15 is 0 Å². The Bertz CT molecular complexity index is 648. The number of carboxylic acid groups (broad SMARTS) is 1. The molecule has 2 rings (SSSR count). The van der Waals surface area contributed by atoms with Crippen LogP contribution < -0.4 is 5.32 Å². The molecule has 0 radical (unpaired) electrons. The van der Waals surface area contributed by atoms with Gasteiger partial charge in [-0.1, -0.05) is 6.07 Å². The summed E-state index contributed by atoms with van der Waals surface area (Å²) in [5.41, 5.74) is 0.860. The van der Waals surface area contributed by atoms with Crippen molar-refractivity contribution in [3.05, 3.63) is 53.2 Å². The zero-order chi connectivity index (χ0) is 14.0. The van der Waals surface area contributed by atoms with E-state index in [1.54, 1.807) is 6.92 Å². The number of rotatable bonds is 3. The molecule has 98 valence electrons. The number of nitrogens with one attached hydrogen (secondary N) is 1. The van der Waals surface area contributed by atoms with Crippen molar-refractivity contribution in [2.75, 3.05) is 5.32 Å². The smallest absolute Gasteiger partial charge is 0.338 e. The highest BCUT2D eigenvalue weighted by Crippen LogP contribution is 2.17. The predicted octanol–water partition coefficient (Wildman–Crippen LogP) is 2.68. The number of carbonyl (C=O) groups is 2. The lowest BCUT2D eigenvalue weighted by molar-refractivity contribution is 0.0696. The third-order valence-electron chi connectivity index (χ3n) is 2.52. The largest absolute Gasteiger partial charge is 0.478 e. The predicted molar refractivity (Wildman–Crippen MR) is 64.8 cm³/mol. The van der Waals surface area contributed by atoms with Gasteiger partial charge in [-0.25, -0.2) is 9.18 Å². The van der Waals surface area contributed by atoms with Crippen LogP contribution in [0.4, 0.5) is 10.1 Å². The Morgan fingerprint density at radius 1 is 1.32 bits per heavy atom. The number of benzene rings is 1. The van der Waals surface area contributed by atoms with E-state index in [0.717, 1.165) is 12.3 Å². The number of anilines is 1. The SMILES string of the molecule is Cc1ccc(F)cc1NC(=O)c1cc(C(=O)O)co1. The van der Waals surface area contributed by atoms with Gasteiger partial charge < -0.3 is 14.8 Å². The van der Waals surface area contributed by atoms with Gasteiger partial charge in [0.15, 0.2) is 5.76 Å². The van der Waals surface area contributed by atoms with E-state index in [9.17, 15) is 14.0 Å². The molecule has 1 amide bonds. The Balaban J connectivity index is 2.20. The fourth-order valence-corrected chi connectivity index (χ4v) is 1.48. The van der Waals surface area contributed by atoms with Crippen LogP contribution in [0, 0.1) is 12.7 Å². The van der Waals surface area contributed by atoms with Crippen LogP contribution in [0.2, 0.25) is 0 Å². The Morgan fingerprint density at radius 2 is 2.05 bits per heavy atom. The summed E-state index contributed by atoms with van der Waals surface area (Å²) in [6.45, 7) is 1.71. The van der Waals surface area contributed by atoms with Crippen LogP contribution in [0.25, 0.3) is 0 Å². The summed E-state index contributed by atoms with van der Waals surface area (Å²) in [7, 11) is 0. The maximum Gasteiger partial charge on any atom is 0.338 e. The third kappa shape index (κ3) is 2.79. The topological polar surface area (TPSA) is 79.5 Å². The Morgan fingerprint density at radius 3 is 2.68 bits per heavy atom. The van der Waals surface area contributed by atoms with E-state index in [4.69, 9.17) is 9.52 Å². The summed E-state index contributed by atoms with van der Waals surface area (Å²) in [6.07, 6.45) is 0.968.